The van der Waals surface area contributed by atoms with Crippen molar-refractivity contribution in [2.75, 3.05) is 19.3 Å². The molecule has 0 saturated heterocycles. The Kier molecular flexibility index (Phi) is 5.40. The molecule has 1 rings (SSSR count). The molecule has 0 amide bonds. The van der Waals surface area contributed by atoms with E-state index in [1.165, 1.54) is 4.88 Å². The maximum atomic E-state index is 11.6. The van der Waals surface area contributed by atoms with Crippen LogP contribution in [0.3, 0.4) is 0 Å². The first-order chi connectivity index (χ1) is 7.53. The van der Waals surface area contributed by atoms with E-state index < -0.39 is 10.0 Å². The third-order valence-electron chi connectivity index (χ3n) is 2.09. The van der Waals surface area contributed by atoms with Gasteiger partial charge in [0, 0.05) is 17.5 Å². The highest BCUT2D eigenvalue weighted by Gasteiger charge is 2.14. The molecule has 0 fully saturated rings. The van der Waals surface area contributed by atoms with E-state index in [-0.39, 0.29) is 11.8 Å². The molecule has 6 heteroatoms. The molecule has 1 heterocycles. The fraction of sp³-hybridized carbons (Fsp3) is 0.600. The first-order valence-electron chi connectivity index (χ1n) is 5.20. The average Bonchev–Trinajstić information content (AvgIpc) is 2.66. The molecule has 16 heavy (non-hydrogen) atoms. The number of sulfonamides is 1. The quantitative estimate of drug-likeness (QED) is 0.765. The van der Waals surface area contributed by atoms with Crippen LogP contribution in [0.2, 0.25) is 0 Å². The first kappa shape index (κ1) is 13.6. The molecule has 0 bridgehead atoms. The van der Waals surface area contributed by atoms with Gasteiger partial charge in [-0.2, -0.15) is 0 Å². The van der Waals surface area contributed by atoms with Crippen molar-refractivity contribution in [1.82, 2.24) is 10.0 Å². The Morgan fingerprint density at radius 1 is 1.50 bits per heavy atom. The molecule has 1 atom stereocenters. The zero-order chi connectivity index (χ0) is 12.0. The number of nitrogens with one attached hydrogen (secondary N) is 2. The summed E-state index contributed by atoms with van der Waals surface area (Å²) in [6.07, 6.45) is 0.746. The van der Waals surface area contributed by atoms with E-state index in [2.05, 4.69) is 10.0 Å². The molecule has 0 aliphatic carbocycles. The van der Waals surface area contributed by atoms with E-state index in [1.807, 2.05) is 24.4 Å². The number of thiophene rings is 1. The monoisotopic (exact) mass is 262 g/mol. The second kappa shape index (κ2) is 6.34. The van der Waals surface area contributed by atoms with Gasteiger partial charge in [0.1, 0.15) is 0 Å². The standard InChI is InChI=1S/C10H18N2O2S2/c1-9(8-10-4-3-6-15-10)12-16(13,14)7-5-11-2/h3-4,6,9,11-12H,5,7-8H2,1-2H3. The molecule has 2 N–H and O–H groups in total. The second-order valence-electron chi connectivity index (χ2n) is 3.72. The van der Waals surface area contributed by atoms with Crippen LogP contribution in [0.15, 0.2) is 17.5 Å². The van der Waals surface area contributed by atoms with E-state index in [0.717, 1.165) is 6.42 Å². The summed E-state index contributed by atoms with van der Waals surface area (Å²) >= 11 is 1.65. The van der Waals surface area contributed by atoms with Gasteiger partial charge in [0.15, 0.2) is 0 Å². The predicted octanol–water partition coefficient (Wildman–Crippen LogP) is 0.818. The van der Waals surface area contributed by atoms with Gasteiger partial charge in [-0.05, 0) is 31.8 Å². The summed E-state index contributed by atoms with van der Waals surface area (Å²) in [6, 6.07) is 3.94. The maximum Gasteiger partial charge on any atom is 0.213 e. The Morgan fingerprint density at radius 2 is 2.25 bits per heavy atom. The van der Waals surface area contributed by atoms with Crippen LogP contribution in [0, 0.1) is 0 Å². The Bertz CT molecular complexity index is 387. The smallest absolute Gasteiger partial charge is 0.213 e. The largest absolute Gasteiger partial charge is 0.319 e. The Labute approximate surface area is 101 Å². The van der Waals surface area contributed by atoms with Crippen LogP contribution in [-0.4, -0.2) is 33.8 Å². The summed E-state index contributed by atoms with van der Waals surface area (Å²) in [5.74, 6) is 0.123. The molecular weight excluding hydrogens is 244 g/mol. The van der Waals surface area contributed by atoms with Gasteiger partial charge in [0.2, 0.25) is 10.0 Å². The van der Waals surface area contributed by atoms with Crippen molar-refractivity contribution in [1.29, 1.82) is 0 Å². The topological polar surface area (TPSA) is 58.2 Å². The Morgan fingerprint density at radius 3 is 2.81 bits per heavy atom. The first-order valence-corrected chi connectivity index (χ1v) is 7.73. The van der Waals surface area contributed by atoms with Crippen molar-refractivity contribution in [2.45, 2.75) is 19.4 Å². The van der Waals surface area contributed by atoms with E-state index >= 15 is 0 Å². The van der Waals surface area contributed by atoms with Gasteiger partial charge in [0.25, 0.3) is 0 Å². The maximum absolute atomic E-state index is 11.6. The minimum atomic E-state index is -3.15. The van der Waals surface area contributed by atoms with Crippen LogP contribution in [-0.2, 0) is 16.4 Å². The lowest BCUT2D eigenvalue weighted by atomic mass is 10.2. The number of hydrogen-bond donors (Lipinski definition) is 2. The minimum absolute atomic E-state index is 0.0551. The Hall–Kier alpha value is -0.430. The van der Waals surface area contributed by atoms with Gasteiger partial charge in [-0.1, -0.05) is 6.07 Å². The highest BCUT2D eigenvalue weighted by atomic mass is 32.2. The lowest BCUT2D eigenvalue weighted by molar-refractivity contribution is 0.558. The van der Waals surface area contributed by atoms with Crippen molar-refractivity contribution in [3.8, 4) is 0 Å². The third kappa shape index (κ3) is 5.07. The molecule has 4 nitrogen and oxygen atoms in total. The van der Waals surface area contributed by atoms with Gasteiger partial charge in [-0.3, -0.25) is 0 Å². The van der Waals surface area contributed by atoms with Crippen LogP contribution >= 0.6 is 11.3 Å². The Balaban J connectivity index is 2.41. The van der Waals surface area contributed by atoms with E-state index in [4.69, 9.17) is 0 Å². The fourth-order valence-electron chi connectivity index (χ4n) is 1.37. The molecule has 0 aromatic carbocycles. The zero-order valence-electron chi connectivity index (χ0n) is 9.56. The van der Waals surface area contributed by atoms with E-state index in [0.29, 0.717) is 6.54 Å². The summed E-state index contributed by atoms with van der Waals surface area (Å²) in [6.45, 7) is 2.36. The van der Waals surface area contributed by atoms with Gasteiger partial charge in [0.05, 0.1) is 5.75 Å². The van der Waals surface area contributed by atoms with Crippen LogP contribution < -0.4 is 10.0 Å². The van der Waals surface area contributed by atoms with Crippen LogP contribution in [0.5, 0.6) is 0 Å². The zero-order valence-corrected chi connectivity index (χ0v) is 11.2. The summed E-state index contributed by atoms with van der Waals surface area (Å²) in [4.78, 5) is 1.20. The molecule has 1 aromatic heterocycles. The molecular formula is C10H18N2O2S2. The van der Waals surface area contributed by atoms with E-state index in [9.17, 15) is 8.42 Å². The molecule has 1 aromatic rings. The summed E-state index contributed by atoms with van der Waals surface area (Å²) < 4.78 is 25.8. The molecule has 0 saturated carbocycles. The molecule has 0 aliphatic rings. The van der Waals surface area contributed by atoms with Gasteiger partial charge in [-0.25, -0.2) is 13.1 Å². The summed E-state index contributed by atoms with van der Waals surface area (Å²) in [5.41, 5.74) is 0. The number of rotatable bonds is 7. The SMILES string of the molecule is CNCCS(=O)(=O)NC(C)Cc1cccs1. The third-order valence-corrected chi connectivity index (χ3v) is 4.49. The molecule has 1 unspecified atom stereocenters. The molecule has 92 valence electrons. The lowest BCUT2D eigenvalue weighted by Crippen LogP contribution is -2.37. The van der Waals surface area contributed by atoms with Crippen molar-refractivity contribution in [2.24, 2.45) is 0 Å². The second-order valence-corrected chi connectivity index (χ2v) is 6.63. The fourth-order valence-corrected chi connectivity index (χ4v) is 3.50. The van der Waals surface area contributed by atoms with Crippen LogP contribution in [0.1, 0.15) is 11.8 Å². The average molecular weight is 262 g/mol. The van der Waals surface area contributed by atoms with Crippen molar-refractivity contribution in [3.63, 3.8) is 0 Å². The van der Waals surface area contributed by atoms with Crippen LogP contribution in [0.4, 0.5) is 0 Å². The highest BCUT2D eigenvalue weighted by molar-refractivity contribution is 7.89. The summed E-state index contributed by atoms with van der Waals surface area (Å²) in [5, 5.41) is 4.82. The lowest BCUT2D eigenvalue weighted by Gasteiger charge is -2.13. The van der Waals surface area contributed by atoms with Crippen molar-refractivity contribution in [3.05, 3.63) is 22.4 Å². The van der Waals surface area contributed by atoms with Crippen molar-refractivity contribution >= 4 is 21.4 Å². The molecule has 0 spiro atoms. The highest BCUT2D eigenvalue weighted by Crippen LogP contribution is 2.11. The van der Waals surface area contributed by atoms with E-state index in [1.54, 1.807) is 18.4 Å². The van der Waals surface area contributed by atoms with Gasteiger partial charge in [-0.15, -0.1) is 11.3 Å². The predicted molar refractivity (Wildman–Crippen MR) is 68.3 cm³/mol. The normalized spacial score (nSPS) is 13.9. The molecule has 0 radical (unpaired) electrons. The van der Waals surface area contributed by atoms with Crippen LogP contribution in [0.25, 0.3) is 0 Å². The molecule has 0 aliphatic heterocycles. The minimum Gasteiger partial charge on any atom is -0.319 e. The van der Waals surface area contributed by atoms with Crippen molar-refractivity contribution < 1.29 is 8.42 Å². The number of hydrogen-bond acceptors (Lipinski definition) is 4. The van der Waals surface area contributed by atoms with Gasteiger partial charge < -0.3 is 5.32 Å². The summed E-state index contributed by atoms with van der Waals surface area (Å²) in [7, 11) is -1.41. The van der Waals surface area contributed by atoms with Gasteiger partial charge >= 0.3 is 0 Å².